The van der Waals surface area contributed by atoms with Gasteiger partial charge in [-0.2, -0.15) is 0 Å². The number of rotatable bonds is 2. The Hall–Kier alpha value is -0.970. The lowest BCUT2D eigenvalue weighted by Crippen LogP contribution is -2.47. The molecule has 0 radical (unpaired) electrons. The Balaban J connectivity index is 2.19. The Bertz CT molecular complexity index is 496. The molecule has 1 saturated heterocycles. The molecular formula is C14H19Cl2N3O. The minimum Gasteiger partial charge on any atom is -0.397 e. The number of piperidine rings is 1. The van der Waals surface area contributed by atoms with E-state index in [-0.39, 0.29) is 5.91 Å². The van der Waals surface area contributed by atoms with Crippen LogP contribution in [0.3, 0.4) is 0 Å². The van der Waals surface area contributed by atoms with Gasteiger partial charge in [0.15, 0.2) is 0 Å². The van der Waals surface area contributed by atoms with Crippen molar-refractivity contribution in [3.8, 4) is 0 Å². The summed E-state index contributed by atoms with van der Waals surface area (Å²) in [6.45, 7) is 1.50. The number of halogens is 2. The lowest BCUT2D eigenvalue weighted by atomic mass is 10.0. The lowest BCUT2D eigenvalue weighted by molar-refractivity contribution is 0.0635. The summed E-state index contributed by atoms with van der Waals surface area (Å²) in [6, 6.07) is 3.57. The molecule has 1 heterocycles. The molecule has 110 valence electrons. The number of nitrogen functional groups attached to an aromatic ring is 1. The second-order valence-electron chi connectivity index (χ2n) is 5.37. The normalized spacial score (nSPS) is 19.4. The van der Waals surface area contributed by atoms with Gasteiger partial charge in [-0.25, -0.2) is 0 Å². The Kier molecular flexibility index (Phi) is 4.78. The second kappa shape index (κ2) is 6.20. The first-order chi connectivity index (χ1) is 9.40. The zero-order valence-electron chi connectivity index (χ0n) is 11.7. The summed E-state index contributed by atoms with van der Waals surface area (Å²) >= 11 is 11.9. The quantitative estimate of drug-likeness (QED) is 0.854. The maximum Gasteiger partial charge on any atom is 0.254 e. The van der Waals surface area contributed by atoms with Gasteiger partial charge in [0.1, 0.15) is 0 Å². The van der Waals surface area contributed by atoms with E-state index in [4.69, 9.17) is 28.9 Å². The number of nitrogens with zero attached hydrogens (tertiary/aromatic N) is 2. The van der Waals surface area contributed by atoms with E-state index in [9.17, 15) is 4.79 Å². The van der Waals surface area contributed by atoms with Crippen LogP contribution in [0.15, 0.2) is 12.1 Å². The fourth-order valence-electron chi connectivity index (χ4n) is 2.48. The van der Waals surface area contributed by atoms with Crippen LogP contribution >= 0.6 is 23.2 Å². The van der Waals surface area contributed by atoms with E-state index in [1.807, 2.05) is 19.0 Å². The van der Waals surface area contributed by atoms with Crippen molar-refractivity contribution in [3.63, 3.8) is 0 Å². The maximum atomic E-state index is 12.5. The molecule has 2 N–H and O–H groups in total. The van der Waals surface area contributed by atoms with Crippen LogP contribution in [0, 0.1) is 0 Å². The SMILES string of the molecule is CN(C)C1CCCN(C(=O)c2cc(N)c(Cl)c(Cl)c2)C1. The first-order valence-corrected chi connectivity index (χ1v) is 7.36. The number of carbonyl (C=O) groups excluding carboxylic acids is 1. The van der Waals surface area contributed by atoms with Crippen LogP contribution in [0.1, 0.15) is 23.2 Å². The number of anilines is 1. The third kappa shape index (κ3) is 3.19. The van der Waals surface area contributed by atoms with E-state index in [0.29, 0.717) is 27.3 Å². The van der Waals surface area contributed by atoms with Gasteiger partial charge in [-0.1, -0.05) is 23.2 Å². The average molecular weight is 316 g/mol. The first kappa shape index (κ1) is 15.4. The highest BCUT2D eigenvalue weighted by Gasteiger charge is 2.26. The summed E-state index contributed by atoms with van der Waals surface area (Å²) in [5.74, 6) is -0.0400. The molecule has 2 rings (SSSR count). The van der Waals surface area contributed by atoms with Crippen molar-refractivity contribution < 1.29 is 4.79 Å². The third-order valence-electron chi connectivity index (χ3n) is 3.72. The van der Waals surface area contributed by atoms with Gasteiger partial charge in [0.2, 0.25) is 0 Å². The van der Waals surface area contributed by atoms with Crippen molar-refractivity contribution in [1.82, 2.24) is 9.80 Å². The fourth-order valence-corrected chi connectivity index (χ4v) is 2.81. The molecule has 1 atom stereocenters. The van der Waals surface area contributed by atoms with Gasteiger partial charge in [0, 0.05) is 24.7 Å². The monoisotopic (exact) mass is 315 g/mol. The van der Waals surface area contributed by atoms with E-state index < -0.39 is 0 Å². The van der Waals surface area contributed by atoms with Crippen molar-refractivity contribution in [1.29, 1.82) is 0 Å². The van der Waals surface area contributed by atoms with Gasteiger partial charge >= 0.3 is 0 Å². The molecule has 4 nitrogen and oxygen atoms in total. The Morgan fingerprint density at radius 3 is 2.70 bits per heavy atom. The predicted molar refractivity (Wildman–Crippen MR) is 83.5 cm³/mol. The number of likely N-dealkylation sites (N-methyl/N-ethyl adjacent to an activating group) is 1. The summed E-state index contributed by atoms with van der Waals surface area (Å²) in [7, 11) is 4.07. The Labute approximate surface area is 129 Å². The molecular weight excluding hydrogens is 297 g/mol. The van der Waals surface area contributed by atoms with Crippen LogP contribution in [0.5, 0.6) is 0 Å². The van der Waals surface area contributed by atoms with Crippen LogP contribution in [0.25, 0.3) is 0 Å². The molecule has 1 fully saturated rings. The van der Waals surface area contributed by atoms with Crippen molar-refractivity contribution in [2.45, 2.75) is 18.9 Å². The highest BCUT2D eigenvalue weighted by atomic mass is 35.5. The molecule has 1 aliphatic rings. The average Bonchev–Trinajstić information content (AvgIpc) is 2.43. The number of hydrogen-bond donors (Lipinski definition) is 1. The van der Waals surface area contributed by atoms with Gasteiger partial charge in [-0.05, 0) is 39.1 Å². The number of nitrogens with two attached hydrogens (primary N) is 1. The molecule has 6 heteroatoms. The van der Waals surface area contributed by atoms with E-state index in [1.54, 1.807) is 12.1 Å². The van der Waals surface area contributed by atoms with E-state index in [1.165, 1.54) is 0 Å². The fraction of sp³-hybridized carbons (Fsp3) is 0.500. The Morgan fingerprint density at radius 2 is 2.10 bits per heavy atom. The molecule has 0 aliphatic carbocycles. The van der Waals surface area contributed by atoms with Crippen molar-refractivity contribution in [2.24, 2.45) is 0 Å². The van der Waals surface area contributed by atoms with Crippen LogP contribution in [0.2, 0.25) is 10.0 Å². The third-order valence-corrected chi connectivity index (χ3v) is 4.53. The summed E-state index contributed by atoms with van der Waals surface area (Å²) in [4.78, 5) is 16.5. The highest BCUT2D eigenvalue weighted by molar-refractivity contribution is 6.43. The summed E-state index contributed by atoms with van der Waals surface area (Å²) in [6.07, 6.45) is 2.12. The topological polar surface area (TPSA) is 49.6 Å². The van der Waals surface area contributed by atoms with Crippen molar-refractivity contribution >= 4 is 34.8 Å². The number of benzene rings is 1. The number of amides is 1. The van der Waals surface area contributed by atoms with Gasteiger partial charge < -0.3 is 15.5 Å². The molecule has 1 aromatic rings. The molecule has 0 spiro atoms. The van der Waals surface area contributed by atoms with E-state index >= 15 is 0 Å². The molecule has 20 heavy (non-hydrogen) atoms. The minimum absolute atomic E-state index is 0.0400. The van der Waals surface area contributed by atoms with Crippen molar-refractivity contribution in [2.75, 3.05) is 32.9 Å². The zero-order chi connectivity index (χ0) is 14.9. The van der Waals surface area contributed by atoms with Crippen molar-refractivity contribution in [3.05, 3.63) is 27.7 Å². The first-order valence-electron chi connectivity index (χ1n) is 6.60. The van der Waals surface area contributed by atoms with Crippen LogP contribution < -0.4 is 5.73 Å². The van der Waals surface area contributed by atoms with Gasteiger partial charge in [0.25, 0.3) is 5.91 Å². The second-order valence-corrected chi connectivity index (χ2v) is 6.16. The number of likely N-dealkylation sites (tertiary alicyclic amines) is 1. The summed E-state index contributed by atoms with van der Waals surface area (Å²) in [5, 5.41) is 0.615. The lowest BCUT2D eigenvalue weighted by Gasteiger charge is -2.36. The minimum atomic E-state index is -0.0400. The van der Waals surface area contributed by atoms with Crippen LogP contribution in [-0.2, 0) is 0 Å². The van der Waals surface area contributed by atoms with Gasteiger partial charge in [0.05, 0.1) is 15.7 Å². The molecule has 1 unspecified atom stereocenters. The highest BCUT2D eigenvalue weighted by Crippen LogP contribution is 2.30. The van der Waals surface area contributed by atoms with Crippen LogP contribution in [0.4, 0.5) is 5.69 Å². The molecule has 0 bridgehead atoms. The largest absolute Gasteiger partial charge is 0.397 e. The maximum absolute atomic E-state index is 12.5. The number of hydrogen-bond acceptors (Lipinski definition) is 3. The predicted octanol–water partition coefficient (Wildman–Crippen LogP) is 2.74. The number of carbonyl (C=O) groups is 1. The van der Waals surface area contributed by atoms with Gasteiger partial charge in [-0.15, -0.1) is 0 Å². The molecule has 0 saturated carbocycles. The van der Waals surface area contributed by atoms with E-state index in [2.05, 4.69) is 4.90 Å². The Morgan fingerprint density at radius 1 is 1.40 bits per heavy atom. The standard InChI is InChI=1S/C14H19Cl2N3O/c1-18(2)10-4-3-5-19(8-10)14(20)9-6-11(15)13(16)12(17)7-9/h6-7,10H,3-5,8,17H2,1-2H3. The van der Waals surface area contributed by atoms with Crippen LogP contribution in [-0.4, -0.2) is 48.9 Å². The summed E-state index contributed by atoms with van der Waals surface area (Å²) in [5.41, 5.74) is 6.60. The molecule has 1 aliphatic heterocycles. The molecule has 1 aromatic carbocycles. The molecule has 0 aromatic heterocycles. The summed E-state index contributed by atoms with van der Waals surface area (Å²) < 4.78 is 0. The van der Waals surface area contributed by atoms with Gasteiger partial charge in [-0.3, -0.25) is 4.79 Å². The molecule has 1 amide bonds. The van der Waals surface area contributed by atoms with E-state index in [0.717, 1.165) is 25.9 Å². The zero-order valence-corrected chi connectivity index (χ0v) is 13.2. The smallest absolute Gasteiger partial charge is 0.254 e.